The quantitative estimate of drug-likeness (QED) is 0.874. The Bertz CT molecular complexity index is 431. The number of amides is 1. The summed E-state index contributed by atoms with van der Waals surface area (Å²) in [5.41, 5.74) is 2.42. The van der Waals surface area contributed by atoms with Crippen molar-refractivity contribution in [2.24, 2.45) is 0 Å². The van der Waals surface area contributed by atoms with Crippen LogP contribution in [0.5, 0.6) is 0 Å². The summed E-state index contributed by atoms with van der Waals surface area (Å²) in [6.07, 6.45) is 4.76. The molecule has 0 heterocycles. The first-order valence-electron chi connectivity index (χ1n) is 7.18. The minimum Gasteiger partial charge on any atom is -0.391 e. The van der Waals surface area contributed by atoms with E-state index in [0.717, 1.165) is 32.1 Å². The Morgan fingerprint density at radius 1 is 1.37 bits per heavy atom. The molecule has 0 spiro atoms. The molecule has 1 aromatic carbocycles. The zero-order valence-electron chi connectivity index (χ0n) is 11.6. The van der Waals surface area contributed by atoms with Gasteiger partial charge in [0.05, 0.1) is 12.1 Å². The van der Waals surface area contributed by atoms with Gasteiger partial charge in [-0.25, -0.2) is 0 Å². The summed E-state index contributed by atoms with van der Waals surface area (Å²) in [6, 6.07) is 8.20. The third-order valence-corrected chi connectivity index (χ3v) is 3.80. The van der Waals surface area contributed by atoms with E-state index in [0.29, 0.717) is 6.42 Å². The third-order valence-electron chi connectivity index (χ3n) is 3.80. The van der Waals surface area contributed by atoms with Crippen molar-refractivity contribution in [3.8, 4) is 0 Å². The first-order chi connectivity index (χ1) is 9.15. The Hall–Kier alpha value is -1.35. The van der Waals surface area contributed by atoms with E-state index in [1.165, 1.54) is 11.1 Å². The molecule has 0 aromatic heterocycles. The number of hydrogen-bond donors (Lipinski definition) is 2. The van der Waals surface area contributed by atoms with Gasteiger partial charge in [-0.2, -0.15) is 0 Å². The number of aliphatic hydroxyl groups is 1. The Balaban J connectivity index is 1.78. The lowest BCUT2D eigenvalue weighted by Crippen LogP contribution is -2.45. The van der Waals surface area contributed by atoms with Gasteiger partial charge in [0.1, 0.15) is 0 Å². The highest BCUT2D eigenvalue weighted by atomic mass is 16.3. The Kier molecular flexibility index (Phi) is 4.97. The van der Waals surface area contributed by atoms with Crippen LogP contribution in [0.1, 0.15) is 43.2 Å². The number of hydrogen-bond acceptors (Lipinski definition) is 2. The molecule has 0 radical (unpaired) electrons. The standard InChI is InChI=1S/C16H23NO2/c1-12-5-4-6-13(11-12)9-10-16(19)17-14-7-2-3-8-15(14)18/h4-6,11,14-15,18H,2-3,7-10H2,1H3,(H,17,19)/t14-,15-/m0/s1. The van der Waals surface area contributed by atoms with Crippen LogP contribution in [0, 0.1) is 6.92 Å². The highest BCUT2D eigenvalue weighted by Crippen LogP contribution is 2.18. The van der Waals surface area contributed by atoms with E-state index in [2.05, 4.69) is 30.4 Å². The Labute approximate surface area is 115 Å². The largest absolute Gasteiger partial charge is 0.391 e. The number of aliphatic hydroxyl groups excluding tert-OH is 1. The van der Waals surface area contributed by atoms with Gasteiger partial charge in [0.2, 0.25) is 5.91 Å². The smallest absolute Gasteiger partial charge is 0.220 e. The number of benzene rings is 1. The number of rotatable bonds is 4. The maximum absolute atomic E-state index is 11.9. The third kappa shape index (κ3) is 4.35. The molecule has 1 fully saturated rings. The highest BCUT2D eigenvalue weighted by Gasteiger charge is 2.24. The fourth-order valence-corrected chi connectivity index (χ4v) is 2.68. The lowest BCUT2D eigenvalue weighted by atomic mass is 9.92. The fourth-order valence-electron chi connectivity index (χ4n) is 2.68. The normalized spacial score (nSPS) is 23.1. The van der Waals surface area contributed by atoms with Crippen LogP contribution in [0.3, 0.4) is 0 Å². The van der Waals surface area contributed by atoms with E-state index >= 15 is 0 Å². The molecule has 104 valence electrons. The summed E-state index contributed by atoms with van der Waals surface area (Å²) in [4.78, 5) is 11.9. The van der Waals surface area contributed by atoms with Crippen molar-refractivity contribution in [3.05, 3.63) is 35.4 Å². The SMILES string of the molecule is Cc1cccc(CCC(=O)N[C@H]2CCCC[C@@H]2O)c1. The number of nitrogens with one attached hydrogen (secondary N) is 1. The van der Waals surface area contributed by atoms with Crippen LogP contribution in [0.4, 0.5) is 0 Å². The topological polar surface area (TPSA) is 49.3 Å². The molecule has 0 aliphatic heterocycles. The first-order valence-corrected chi connectivity index (χ1v) is 7.18. The maximum atomic E-state index is 11.9. The second kappa shape index (κ2) is 6.71. The minimum atomic E-state index is -0.364. The van der Waals surface area contributed by atoms with Crippen molar-refractivity contribution >= 4 is 5.91 Å². The highest BCUT2D eigenvalue weighted by molar-refractivity contribution is 5.76. The molecule has 2 N–H and O–H groups in total. The van der Waals surface area contributed by atoms with Crippen LogP contribution in [0.25, 0.3) is 0 Å². The molecule has 0 unspecified atom stereocenters. The van der Waals surface area contributed by atoms with Gasteiger partial charge in [0, 0.05) is 6.42 Å². The monoisotopic (exact) mass is 261 g/mol. The number of aryl methyl sites for hydroxylation is 2. The molecule has 2 atom stereocenters. The van der Waals surface area contributed by atoms with Crippen LogP contribution in [-0.2, 0) is 11.2 Å². The van der Waals surface area contributed by atoms with Crippen molar-refractivity contribution in [3.63, 3.8) is 0 Å². The molecular formula is C16H23NO2. The summed E-state index contributed by atoms with van der Waals surface area (Å²) in [5, 5.41) is 12.8. The molecule has 3 nitrogen and oxygen atoms in total. The van der Waals surface area contributed by atoms with Gasteiger partial charge < -0.3 is 10.4 Å². The zero-order chi connectivity index (χ0) is 13.7. The molecule has 19 heavy (non-hydrogen) atoms. The Morgan fingerprint density at radius 2 is 2.16 bits per heavy atom. The predicted octanol–water partition coefficient (Wildman–Crippen LogP) is 2.35. The predicted molar refractivity (Wildman–Crippen MR) is 75.9 cm³/mol. The van der Waals surface area contributed by atoms with Crippen molar-refractivity contribution < 1.29 is 9.90 Å². The van der Waals surface area contributed by atoms with Gasteiger partial charge in [-0.3, -0.25) is 4.79 Å². The van der Waals surface area contributed by atoms with Crippen molar-refractivity contribution in [2.45, 2.75) is 57.6 Å². The van der Waals surface area contributed by atoms with Gasteiger partial charge in [0.15, 0.2) is 0 Å². The molecule has 0 bridgehead atoms. The van der Waals surface area contributed by atoms with Crippen molar-refractivity contribution in [2.75, 3.05) is 0 Å². The lowest BCUT2D eigenvalue weighted by Gasteiger charge is -2.28. The summed E-state index contributed by atoms with van der Waals surface area (Å²) in [7, 11) is 0. The average Bonchev–Trinajstić information content (AvgIpc) is 2.39. The minimum absolute atomic E-state index is 0.0428. The van der Waals surface area contributed by atoms with Crippen LogP contribution in [-0.4, -0.2) is 23.2 Å². The molecule has 3 heteroatoms. The summed E-state index contributed by atoms with van der Waals surface area (Å²) in [6.45, 7) is 2.06. The molecule has 1 amide bonds. The van der Waals surface area contributed by atoms with Crippen molar-refractivity contribution in [1.29, 1.82) is 0 Å². The maximum Gasteiger partial charge on any atom is 0.220 e. The fraction of sp³-hybridized carbons (Fsp3) is 0.562. The zero-order valence-corrected chi connectivity index (χ0v) is 11.6. The van der Waals surface area contributed by atoms with Gasteiger partial charge in [-0.1, -0.05) is 42.7 Å². The van der Waals surface area contributed by atoms with E-state index in [4.69, 9.17) is 0 Å². The molecule has 0 saturated heterocycles. The second-order valence-corrected chi connectivity index (χ2v) is 5.51. The van der Waals surface area contributed by atoms with E-state index < -0.39 is 0 Å². The van der Waals surface area contributed by atoms with Crippen LogP contribution in [0.15, 0.2) is 24.3 Å². The summed E-state index contributed by atoms with van der Waals surface area (Å²) >= 11 is 0. The van der Waals surface area contributed by atoms with Crippen LogP contribution >= 0.6 is 0 Å². The van der Waals surface area contributed by atoms with Gasteiger partial charge in [-0.15, -0.1) is 0 Å². The molecular weight excluding hydrogens is 238 g/mol. The second-order valence-electron chi connectivity index (χ2n) is 5.51. The van der Waals surface area contributed by atoms with Crippen LogP contribution < -0.4 is 5.32 Å². The van der Waals surface area contributed by atoms with Crippen LogP contribution in [0.2, 0.25) is 0 Å². The average molecular weight is 261 g/mol. The van der Waals surface area contributed by atoms with E-state index in [-0.39, 0.29) is 18.1 Å². The van der Waals surface area contributed by atoms with Gasteiger partial charge in [-0.05, 0) is 31.7 Å². The lowest BCUT2D eigenvalue weighted by molar-refractivity contribution is -0.123. The number of carbonyl (C=O) groups excluding carboxylic acids is 1. The molecule has 1 saturated carbocycles. The van der Waals surface area contributed by atoms with E-state index in [1.807, 2.05) is 6.07 Å². The molecule has 1 aliphatic carbocycles. The van der Waals surface area contributed by atoms with Gasteiger partial charge in [0.25, 0.3) is 0 Å². The molecule has 1 aliphatic rings. The van der Waals surface area contributed by atoms with E-state index in [9.17, 15) is 9.90 Å². The van der Waals surface area contributed by atoms with E-state index in [1.54, 1.807) is 0 Å². The summed E-state index contributed by atoms with van der Waals surface area (Å²) in [5.74, 6) is 0.0486. The Morgan fingerprint density at radius 3 is 2.89 bits per heavy atom. The van der Waals surface area contributed by atoms with Gasteiger partial charge >= 0.3 is 0 Å². The molecule has 1 aromatic rings. The first kappa shape index (κ1) is 14.1. The molecule has 2 rings (SSSR count). The number of carbonyl (C=O) groups is 1. The summed E-state index contributed by atoms with van der Waals surface area (Å²) < 4.78 is 0. The van der Waals surface area contributed by atoms with Crippen molar-refractivity contribution in [1.82, 2.24) is 5.32 Å².